The predicted octanol–water partition coefficient (Wildman–Crippen LogP) is 2.94. The molecule has 0 amide bonds. The average Bonchev–Trinajstić information content (AvgIpc) is 2.42. The van der Waals surface area contributed by atoms with Crippen molar-refractivity contribution in [2.75, 3.05) is 26.3 Å². The molecule has 1 rings (SSSR count). The molecule has 1 aliphatic rings. The number of morpholine rings is 1. The molecule has 0 radical (unpaired) electrons. The molecule has 1 atom stereocenters. The summed E-state index contributed by atoms with van der Waals surface area (Å²) in [5.41, 5.74) is 0. The first-order chi connectivity index (χ1) is 8.84. The lowest BCUT2D eigenvalue weighted by Crippen LogP contribution is -2.43. The molecule has 0 aromatic carbocycles. The van der Waals surface area contributed by atoms with Crippen LogP contribution in [0.2, 0.25) is 0 Å². The molecule has 3 nitrogen and oxygen atoms in total. The van der Waals surface area contributed by atoms with Gasteiger partial charge in [-0.2, -0.15) is 0 Å². The van der Waals surface area contributed by atoms with Crippen LogP contribution in [0.4, 0.5) is 0 Å². The van der Waals surface area contributed by atoms with Gasteiger partial charge < -0.3 is 9.84 Å². The minimum Gasteiger partial charge on any atom is -0.379 e. The summed E-state index contributed by atoms with van der Waals surface area (Å²) in [4.78, 5) is 2.13. The van der Waals surface area contributed by atoms with Crippen molar-refractivity contribution in [3.8, 4) is 0 Å². The summed E-state index contributed by atoms with van der Waals surface area (Å²) in [7, 11) is 0. The molecule has 0 saturated carbocycles. The summed E-state index contributed by atoms with van der Waals surface area (Å²) in [6.45, 7) is 7.01. The first kappa shape index (κ1) is 15.7. The van der Waals surface area contributed by atoms with E-state index in [0.717, 1.165) is 45.6 Å². The van der Waals surface area contributed by atoms with E-state index in [0.29, 0.717) is 0 Å². The van der Waals surface area contributed by atoms with Crippen LogP contribution in [-0.2, 0) is 4.74 Å². The standard InChI is InChI=1S/C15H29NO2/c1-2-3-4-5-6-7-8-9-10-15(17)16-11-13-18-14-12-16/h2,15,17H,1,3-14H2. The molecular weight excluding hydrogens is 226 g/mol. The fourth-order valence-electron chi connectivity index (χ4n) is 2.38. The van der Waals surface area contributed by atoms with E-state index in [1.165, 1.54) is 32.1 Å². The SMILES string of the molecule is C=CCCCCCCCCC(O)N1CCOCC1. The van der Waals surface area contributed by atoms with Crippen LogP contribution in [0, 0.1) is 0 Å². The van der Waals surface area contributed by atoms with Gasteiger partial charge in [0, 0.05) is 13.1 Å². The second kappa shape index (κ2) is 10.5. The van der Waals surface area contributed by atoms with Crippen molar-refractivity contribution in [2.45, 2.75) is 57.6 Å². The lowest BCUT2D eigenvalue weighted by molar-refractivity contribution is -0.0623. The fraction of sp³-hybridized carbons (Fsp3) is 0.867. The van der Waals surface area contributed by atoms with Gasteiger partial charge in [0.15, 0.2) is 0 Å². The van der Waals surface area contributed by atoms with E-state index in [2.05, 4.69) is 11.5 Å². The Labute approximate surface area is 112 Å². The van der Waals surface area contributed by atoms with Gasteiger partial charge in [0.1, 0.15) is 6.23 Å². The molecular formula is C15H29NO2. The summed E-state index contributed by atoms with van der Waals surface area (Å²) in [5, 5.41) is 10.0. The number of nitrogens with zero attached hydrogens (tertiary/aromatic N) is 1. The maximum Gasteiger partial charge on any atom is 0.107 e. The zero-order chi connectivity index (χ0) is 13.1. The first-order valence-electron chi connectivity index (χ1n) is 7.45. The molecule has 1 N–H and O–H groups in total. The van der Waals surface area contributed by atoms with Crippen molar-refractivity contribution in [3.05, 3.63) is 12.7 Å². The summed E-state index contributed by atoms with van der Waals surface area (Å²) in [6.07, 6.45) is 11.4. The zero-order valence-corrected chi connectivity index (χ0v) is 11.6. The number of allylic oxidation sites excluding steroid dienone is 1. The normalized spacial score (nSPS) is 18.7. The predicted molar refractivity (Wildman–Crippen MR) is 75.5 cm³/mol. The molecule has 0 aliphatic carbocycles. The molecule has 1 saturated heterocycles. The number of aliphatic hydroxyl groups is 1. The maximum atomic E-state index is 10.0. The van der Waals surface area contributed by atoms with E-state index in [1.54, 1.807) is 0 Å². The number of hydrogen-bond acceptors (Lipinski definition) is 3. The van der Waals surface area contributed by atoms with Crippen LogP contribution in [0.1, 0.15) is 51.4 Å². The number of rotatable bonds is 10. The van der Waals surface area contributed by atoms with Crippen LogP contribution in [-0.4, -0.2) is 42.5 Å². The van der Waals surface area contributed by atoms with E-state index in [1.807, 2.05) is 6.08 Å². The van der Waals surface area contributed by atoms with Crippen LogP contribution in [0.25, 0.3) is 0 Å². The Balaban J connectivity index is 1.88. The second-order valence-electron chi connectivity index (χ2n) is 5.12. The van der Waals surface area contributed by atoms with Gasteiger partial charge >= 0.3 is 0 Å². The summed E-state index contributed by atoms with van der Waals surface area (Å²) in [6, 6.07) is 0. The van der Waals surface area contributed by atoms with Gasteiger partial charge in [-0.3, -0.25) is 4.90 Å². The third-order valence-electron chi connectivity index (χ3n) is 3.59. The third kappa shape index (κ3) is 7.14. The minimum atomic E-state index is -0.255. The van der Waals surface area contributed by atoms with Gasteiger partial charge in [0.05, 0.1) is 13.2 Å². The highest BCUT2D eigenvalue weighted by atomic mass is 16.5. The molecule has 1 aliphatic heterocycles. The van der Waals surface area contributed by atoms with Crippen molar-refractivity contribution >= 4 is 0 Å². The Hall–Kier alpha value is -0.380. The lowest BCUT2D eigenvalue weighted by atomic mass is 10.1. The Morgan fingerprint density at radius 1 is 1.06 bits per heavy atom. The Morgan fingerprint density at radius 3 is 2.33 bits per heavy atom. The second-order valence-corrected chi connectivity index (χ2v) is 5.12. The monoisotopic (exact) mass is 255 g/mol. The van der Waals surface area contributed by atoms with Gasteiger partial charge in [-0.15, -0.1) is 6.58 Å². The lowest BCUT2D eigenvalue weighted by Gasteiger charge is -2.31. The number of hydrogen-bond donors (Lipinski definition) is 1. The van der Waals surface area contributed by atoms with Crippen LogP contribution in [0.3, 0.4) is 0 Å². The van der Waals surface area contributed by atoms with E-state index in [9.17, 15) is 5.11 Å². The molecule has 0 spiro atoms. The highest BCUT2D eigenvalue weighted by Crippen LogP contribution is 2.12. The highest BCUT2D eigenvalue weighted by Gasteiger charge is 2.17. The van der Waals surface area contributed by atoms with Gasteiger partial charge in [0.25, 0.3) is 0 Å². The number of aliphatic hydroxyl groups excluding tert-OH is 1. The molecule has 1 fully saturated rings. The quantitative estimate of drug-likeness (QED) is 0.481. The highest BCUT2D eigenvalue weighted by molar-refractivity contribution is 4.66. The van der Waals surface area contributed by atoms with E-state index in [-0.39, 0.29) is 6.23 Å². The van der Waals surface area contributed by atoms with Gasteiger partial charge in [-0.25, -0.2) is 0 Å². The molecule has 1 unspecified atom stereocenters. The topological polar surface area (TPSA) is 32.7 Å². The van der Waals surface area contributed by atoms with E-state index < -0.39 is 0 Å². The van der Waals surface area contributed by atoms with Crippen molar-refractivity contribution in [1.82, 2.24) is 4.90 Å². The van der Waals surface area contributed by atoms with Crippen LogP contribution in [0.15, 0.2) is 12.7 Å². The summed E-state index contributed by atoms with van der Waals surface area (Å²) < 4.78 is 5.28. The van der Waals surface area contributed by atoms with Crippen molar-refractivity contribution < 1.29 is 9.84 Å². The van der Waals surface area contributed by atoms with Gasteiger partial charge in [-0.1, -0.05) is 31.8 Å². The molecule has 3 heteroatoms. The molecule has 0 aromatic rings. The molecule has 106 valence electrons. The smallest absolute Gasteiger partial charge is 0.107 e. The largest absolute Gasteiger partial charge is 0.379 e. The number of ether oxygens (including phenoxy) is 1. The zero-order valence-electron chi connectivity index (χ0n) is 11.6. The maximum absolute atomic E-state index is 10.0. The third-order valence-corrected chi connectivity index (χ3v) is 3.59. The van der Waals surface area contributed by atoms with Crippen molar-refractivity contribution in [2.24, 2.45) is 0 Å². The summed E-state index contributed by atoms with van der Waals surface area (Å²) in [5.74, 6) is 0. The van der Waals surface area contributed by atoms with Crippen molar-refractivity contribution in [1.29, 1.82) is 0 Å². The van der Waals surface area contributed by atoms with E-state index in [4.69, 9.17) is 4.74 Å². The Kier molecular flexibility index (Phi) is 9.17. The fourth-order valence-corrected chi connectivity index (χ4v) is 2.38. The Bertz CT molecular complexity index is 203. The van der Waals surface area contributed by atoms with Crippen LogP contribution < -0.4 is 0 Å². The minimum absolute atomic E-state index is 0.255. The Morgan fingerprint density at radius 2 is 1.67 bits per heavy atom. The molecule has 0 aromatic heterocycles. The molecule has 18 heavy (non-hydrogen) atoms. The summed E-state index contributed by atoms with van der Waals surface area (Å²) >= 11 is 0. The van der Waals surface area contributed by atoms with Crippen LogP contribution in [0.5, 0.6) is 0 Å². The van der Waals surface area contributed by atoms with Gasteiger partial charge in [-0.05, 0) is 25.7 Å². The molecule has 0 bridgehead atoms. The number of unbranched alkanes of at least 4 members (excludes halogenated alkanes) is 6. The van der Waals surface area contributed by atoms with Crippen molar-refractivity contribution in [3.63, 3.8) is 0 Å². The van der Waals surface area contributed by atoms with Crippen LogP contribution >= 0.6 is 0 Å². The van der Waals surface area contributed by atoms with Gasteiger partial charge in [0.2, 0.25) is 0 Å². The van der Waals surface area contributed by atoms with E-state index >= 15 is 0 Å². The average molecular weight is 255 g/mol. The molecule has 1 heterocycles. The first-order valence-corrected chi connectivity index (χ1v) is 7.45.